The molecule has 1 aromatic heterocycles. The summed E-state index contributed by atoms with van der Waals surface area (Å²) in [7, 11) is 0. The first-order chi connectivity index (χ1) is 14.6. The Bertz CT molecular complexity index is 1280. The minimum atomic E-state index is -0.414. The first kappa shape index (κ1) is 19.2. The second-order valence-corrected chi connectivity index (χ2v) is 7.21. The normalized spacial score (nSPS) is 11.3. The van der Waals surface area contributed by atoms with Crippen LogP contribution in [0, 0.1) is 18.3 Å². The van der Waals surface area contributed by atoms with Crippen molar-refractivity contribution in [3.63, 3.8) is 0 Å². The molecule has 4 rings (SSSR count). The zero-order chi connectivity index (χ0) is 20.9. The van der Waals surface area contributed by atoms with Crippen molar-refractivity contribution < 1.29 is 4.79 Å². The lowest BCUT2D eigenvalue weighted by Crippen LogP contribution is -2.13. The maximum atomic E-state index is 12.7. The number of nitriles is 1. The minimum Gasteiger partial charge on any atom is -0.342 e. The molecule has 0 atom stereocenters. The number of rotatable bonds is 5. The van der Waals surface area contributed by atoms with Gasteiger partial charge in [0.2, 0.25) is 0 Å². The fourth-order valence-corrected chi connectivity index (χ4v) is 3.53. The summed E-state index contributed by atoms with van der Waals surface area (Å²) in [6.45, 7) is 2.67. The van der Waals surface area contributed by atoms with E-state index in [9.17, 15) is 10.1 Å². The summed E-state index contributed by atoms with van der Waals surface area (Å²) in [6.07, 6.45) is 3.66. The first-order valence-electron chi connectivity index (χ1n) is 9.75. The van der Waals surface area contributed by atoms with Crippen molar-refractivity contribution in [2.75, 3.05) is 5.32 Å². The molecule has 0 saturated carbocycles. The van der Waals surface area contributed by atoms with E-state index in [1.165, 1.54) is 5.56 Å². The maximum absolute atomic E-state index is 12.7. The second kappa shape index (κ2) is 8.50. The highest BCUT2D eigenvalue weighted by molar-refractivity contribution is 6.10. The van der Waals surface area contributed by atoms with Crippen LogP contribution in [0.1, 0.15) is 16.7 Å². The van der Waals surface area contributed by atoms with Gasteiger partial charge >= 0.3 is 0 Å². The fraction of sp³-hybridized carbons (Fsp3) is 0.0769. The number of hydrogen-bond donors (Lipinski definition) is 1. The Hall–Kier alpha value is -4.10. The summed E-state index contributed by atoms with van der Waals surface area (Å²) >= 11 is 0. The molecule has 0 aliphatic carbocycles. The molecule has 0 aliphatic rings. The van der Waals surface area contributed by atoms with Gasteiger partial charge in [0.25, 0.3) is 5.91 Å². The summed E-state index contributed by atoms with van der Waals surface area (Å²) in [4.78, 5) is 12.7. The van der Waals surface area contributed by atoms with Gasteiger partial charge < -0.3 is 9.88 Å². The Morgan fingerprint density at radius 1 is 1.03 bits per heavy atom. The molecule has 4 nitrogen and oxygen atoms in total. The highest BCUT2D eigenvalue weighted by atomic mass is 16.1. The van der Waals surface area contributed by atoms with Gasteiger partial charge in [-0.3, -0.25) is 4.79 Å². The fourth-order valence-electron chi connectivity index (χ4n) is 3.53. The number of amides is 1. The number of carbonyl (C=O) groups is 1. The summed E-state index contributed by atoms with van der Waals surface area (Å²) in [5, 5.41) is 13.4. The number of aromatic nitrogens is 1. The van der Waals surface area contributed by atoms with Crippen molar-refractivity contribution in [2.24, 2.45) is 0 Å². The van der Waals surface area contributed by atoms with E-state index in [4.69, 9.17) is 0 Å². The lowest BCUT2D eigenvalue weighted by molar-refractivity contribution is -0.112. The van der Waals surface area contributed by atoms with Crippen molar-refractivity contribution in [3.05, 3.63) is 107 Å². The Morgan fingerprint density at radius 2 is 1.80 bits per heavy atom. The largest absolute Gasteiger partial charge is 0.342 e. The SMILES string of the molecule is Cc1cccc(NC(=O)/C(C#N)=C/c2cn(Cc3ccccc3)c3ccccc23)c1. The van der Waals surface area contributed by atoms with Crippen LogP contribution in [0.3, 0.4) is 0 Å². The highest BCUT2D eigenvalue weighted by Crippen LogP contribution is 2.25. The molecule has 0 saturated heterocycles. The summed E-state index contributed by atoms with van der Waals surface area (Å²) in [5.41, 5.74) is 4.87. The van der Waals surface area contributed by atoms with Gasteiger partial charge in [0.15, 0.2) is 0 Å². The van der Waals surface area contributed by atoms with Crippen LogP contribution in [0.2, 0.25) is 0 Å². The predicted molar refractivity (Wildman–Crippen MR) is 121 cm³/mol. The Labute approximate surface area is 175 Å². The Morgan fingerprint density at radius 3 is 2.57 bits per heavy atom. The molecule has 0 bridgehead atoms. The smallest absolute Gasteiger partial charge is 0.266 e. The van der Waals surface area contributed by atoms with Gasteiger partial charge in [0.05, 0.1) is 0 Å². The van der Waals surface area contributed by atoms with Gasteiger partial charge in [-0.1, -0.05) is 60.7 Å². The number of benzene rings is 3. The second-order valence-electron chi connectivity index (χ2n) is 7.21. The first-order valence-corrected chi connectivity index (χ1v) is 9.75. The van der Waals surface area contributed by atoms with Crippen molar-refractivity contribution in [2.45, 2.75) is 13.5 Å². The van der Waals surface area contributed by atoms with Gasteiger partial charge in [-0.2, -0.15) is 5.26 Å². The van der Waals surface area contributed by atoms with Crippen molar-refractivity contribution in [3.8, 4) is 6.07 Å². The Balaban J connectivity index is 1.68. The average Bonchev–Trinajstić information content (AvgIpc) is 3.10. The monoisotopic (exact) mass is 391 g/mol. The van der Waals surface area contributed by atoms with Gasteiger partial charge in [0, 0.05) is 34.9 Å². The van der Waals surface area contributed by atoms with E-state index < -0.39 is 5.91 Å². The van der Waals surface area contributed by atoms with Crippen LogP contribution in [0.5, 0.6) is 0 Å². The van der Waals surface area contributed by atoms with E-state index in [-0.39, 0.29) is 5.57 Å². The van der Waals surface area contributed by atoms with Crippen LogP contribution in [-0.2, 0) is 11.3 Å². The number of para-hydroxylation sites is 1. The van der Waals surface area contributed by atoms with Crippen molar-refractivity contribution in [1.82, 2.24) is 4.57 Å². The van der Waals surface area contributed by atoms with Gasteiger partial charge in [-0.25, -0.2) is 0 Å². The molecule has 0 fully saturated rings. The van der Waals surface area contributed by atoms with Crippen LogP contribution >= 0.6 is 0 Å². The van der Waals surface area contributed by atoms with E-state index in [0.717, 1.165) is 22.0 Å². The van der Waals surface area contributed by atoms with Crippen molar-refractivity contribution in [1.29, 1.82) is 5.26 Å². The van der Waals surface area contributed by atoms with Gasteiger partial charge in [-0.15, -0.1) is 0 Å². The van der Waals surface area contributed by atoms with Crippen molar-refractivity contribution >= 4 is 28.6 Å². The molecule has 4 heteroatoms. The number of carbonyl (C=O) groups excluding carboxylic acids is 1. The van der Waals surface area contributed by atoms with Crippen LogP contribution < -0.4 is 5.32 Å². The topological polar surface area (TPSA) is 57.8 Å². The molecule has 1 N–H and O–H groups in total. The number of hydrogen-bond acceptors (Lipinski definition) is 2. The third-order valence-electron chi connectivity index (χ3n) is 4.96. The zero-order valence-corrected chi connectivity index (χ0v) is 16.7. The van der Waals surface area contributed by atoms with E-state index >= 15 is 0 Å². The third kappa shape index (κ3) is 4.16. The molecule has 0 aliphatic heterocycles. The van der Waals surface area contributed by atoms with Crippen LogP contribution in [0.4, 0.5) is 5.69 Å². The van der Waals surface area contributed by atoms with E-state index in [2.05, 4.69) is 28.1 Å². The number of aryl methyl sites for hydroxylation is 1. The lowest BCUT2D eigenvalue weighted by atomic mass is 10.1. The third-order valence-corrected chi connectivity index (χ3v) is 4.96. The molecule has 146 valence electrons. The molecule has 4 aromatic rings. The molecule has 0 radical (unpaired) electrons. The van der Waals surface area contributed by atoms with E-state index in [1.807, 2.05) is 79.9 Å². The predicted octanol–water partition coefficient (Wildman–Crippen LogP) is 5.54. The molecule has 1 amide bonds. The molecular weight excluding hydrogens is 370 g/mol. The summed E-state index contributed by atoms with van der Waals surface area (Å²) in [6, 6.07) is 27.8. The Kier molecular flexibility index (Phi) is 5.45. The molecule has 0 unspecified atom stereocenters. The van der Waals surface area contributed by atoms with E-state index in [0.29, 0.717) is 12.2 Å². The van der Waals surface area contributed by atoms with Crippen LogP contribution in [0.15, 0.2) is 90.6 Å². The molecule has 3 aromatic carbocycles. The average molecular weight is 391 g/mol. The van der Waals surface area contributed by atoms with E-state index in [1.54, 1.807) is 6.08 Å². The maximum Gasteiger partial charge on any atom is 0.266 e. The minimum absolute atomic E-state index is 0.0686. The quantitative estimate of drug-likeness (QED) is 0.358. The number of nitrogens with one attached hydrogen (secondary N) is 1. The molecule has 1 heterocycles. The van der Waals surface area contributed by atoms with Crippen LogP contribution in [-0.4, -0.2) is 10.5 Å². The summed E-state index contributed by atoms with van der Waals surface area (Å²) < 4.78 is 2.14. The van der Waals surface area contributed by atoms with Gasteiger partial charge in [0.1, 0.15) is 11.6 Å². The molecule has 0 spiro atoms. The number of anilines is 1. The van der Waals surface area contributed by atoms with Gasteiger partial charge in [-0.05, 0) is 42.3 Å². The number of nitrogens with zero attached hydrogens (tertiary/aromatic N) is 2. The summed E-state index contributed by atoms with van der Waals surface area (Å²) in [5.74, 6) is -0.414. The van der Waals surface area contributed by atoms with Crippen LogP contribution in [0.25, 0.3) is 17.0 Å². The molecule has 30 heavy (non-hydrogen) atoms. The lowest BCUT2D eigenvalue weighted by Gasteiger charge is -2.05. The highest BCUT2D eigenvalue weighted by Gasteiger charge is 2.13. The number of fused-ring (bicyclic) bond motifs is 1. The molecular formula is C26H21N3O. The standard InChI is InChI=1S/C26H21N3O/c1-19-8-7-11-23(14-19)28-26(30)21(16-27)15-22-18-29(17-20-9-3-2-4-10-20)25-13-6-5-12-24(22)25/h2-15,18H,17H2,1H3,(H,28,30)/b21-15+. The zero-order valence-electron chi connectivity index (χ0n) is 16.7.